The van der Waals surface area contributed by atoms with Crippen LogP contribution in [-0.2, 0) is 0 Å². The molecule has 0 saturated heterocycles. The quantitative estimate of drug-likeness (QED) is 0.676. The standard InChI is InChI=1S/C14H12ClN3S/c1-8-6-7-16-13-11(8)17-14(19)18(13)12-9(2)4-3-5-10(12)15/h3-7H,1-2H3,(H,17,19). The van der Waals surface area contributed by atoms with E-state index in [4.69, 9.17) is 23.8 Å². The van der Waals surface area contributed by atoms with Crippen molar-refractivity contribution in [2.75, 3.05) is 0 Å². The lowest BCUT2D eigenvalue weighted by atomic mass is 10.2. The molecule has 0 amide bonds. The number of pyridine rings is 1. The van der Waals surface area contributed by atoms with Crippen molar-refractivity contribution in [1.82, 2.24) is 14.5 Å². The average molecular weight is 290 g/mol. The molecule has 19 heavy (non-hydrogen) atoms. The van der Waals surface area contributed by atoms with Gasteiger partial charge in [0.2, 0.25) is 0 Å². The summed E-state index contributed by atoms with van der Waals surface area (Å²) >= 11 is 11.7. The van der Waals surface area contributed by atoms with Gasteiger partial charge >= 0.3 is 0 Å². The van der Waals surface area contributed by atoms with E-state index < -0.39 is 0 Å². The van der Waals surface area contributed by atoms with E-state index in [0.29, 0.717) is 9.79 Å². The van der Waals surface area contributed by atoms with Crippen molar-refractivity contribution in [2.45, 2.75) is 13.8 Å². The molecule has 0 unspecified atom stereocenters. The first kappa shape index (κ1) is 12.4. The summed E-state index contributed by atoms with van der Waals surface area (Å²) in [6.45, 7) is 4.04. The van der Waals surface area contributed by atoms with Gasteiger partial charge in [-0.2, -0.15) is 0 Å². The molecule has 3 rings (SSSR count). The number of imidazole rings is 1. The number of halogens is 1. The lowest BCUT2D eigenvalue weighted by molar-refractivity contribution is 1.03. The largest absolute Gasteiger partial charge is 0.329 e. The van der Waals surface area contributed by atoms with Crippen LogP contribution in [0.4, 0.5) is 0 Å². The van der Waals surface area contributed by atoms with Crippen molar-refractivity contribution in [2.24, 2.45) is 0 Å². The Bertz CT molecular complexity index is 812. The van der Waals surface area contributed by atoms with Crippen LogP contribution in [0.2, 0.25) is 5.02 Å². The van der Waals surface area contributed by atoms with Gasteiger partial charge in [-0.15, -0.1) is 0 Å². The third-order valence-corrected chi connectivity index (χ3v) is 3.79. The topological polar surface area (TPSA) is 33.6 Å². The number of hydrogen-bond donors (Lipinski definition) is 1. The molecule has 0 saturated carbocycles. The molecule has 0 atom stereocenters. The number of benzene rings is 1. The molecule has 2 heterocycles. The van der Waals surface area contributed by atoms with Gasteiger partial charge in [0, 0.05) is 6.20 Å². The average Bonchev–Trinajstić information content (AvgIpc) is 2.68. The Hall–Kier alpha value is -1.65. The molecule has 0 fully saturated rings. The molecular formula is C14H12ClN3S. The lowest BCUT2D eigenvalue weighted by Crippen LogP contribution is -1.99. The number of aryl methyl sites for hydroxylation is 2. The molecule has 1 aromatic carbocycles. The summed E-state index contributed by atoms with van der Waals surface area (Å²) in [5.74, 6) is 0. The van der Waals surface area contributed by atoms with Crippen LogP contribution in [0.3, 0.4) is 0 Å². The second-order valence-electron chi connectivity index (χ2n) is 4.50. The van der Waals surface area contributed by atoms with Crippen LogP contribution in [0.5, 0.6) is 0 Å². The monoisotopic (exact) mass is 289 g/mol. The van der Waals surface area contributed by atoms with Gasteiger partial charge in [0.15, 0.2) is 10.4 Å². The van der Waals surface area contributed by atoms with Crippen molar-refractivity contribution < 1.29 is 0 Å². The van der Waals surface area contributed by atoms with E-state index in [2.05, 4.69) is 9.97 Å². The van der Waals surface area contributed by atoms with Crippen LogP contribution in [0.25, 0.3) is 16.9 Å². The number of para-hydroxylation sites is 1. The molecule has 2 aromatic heterocycles. The van der Waals surface area contributed by atoms with Gasteiger partial charge in [0.1, 0.15) is 0 Å². The fourth-order valence-corrected chi connectivity index (χ4v) is 2.83. The molecule has 0 aliphatic heterocycles. The maximum Gasteiger partial charge on any atom is 0.184 e. The molecule has 0 bridgehead atoms. The number of hydrogen-bond acceptors (Lipinski definition) is 2. The van der Waals surface area contributed by atoms with Crippen molar-refractivity contribution in [3.8, 4) is 5.69 Å². The molecule has 0 aliphatic carbocycles. The number of rotatable bonds is 1. The van der Waals surface area contributed by atoms with E-state index in [9.17, 15) is 0 Å². The minimum atomic E-state index is 0.605. The fraction of sp³-hybridized carbons (Fsp3) is 0.143. The third kappa shape index (κ3) is 1.88. The van der Waals surface area contributed by atoms with Crippen molar-refractivity contribution in [1.29, 1.82) is 0 Å². The third-order valence-electron chi connectivity index (χ3n) is 3.20. The Morgan fingerprint density at radius 2 is 2.00 bits per heavy atom. The van der Waals surface area contributed by atoms with Gasteiger partial charge in [-0.1, -0.05) is 23.7 Å². The Balaban J connectivity index is 2.47. The van der Waals surface area contributed by atoms with Crippen molar-refractivity contribution in [3.63, 3.8) is 0 Å². The van der Waals surface area contributed by atoms with Crippen LogP contribution in [0.1, 0.15) is 11.1 Å². The normalized spacial score (nSPS) is 11.1. The van der Waals surface area contributed by atoms with E-state index in [0.717, 1.165) is 28.0 Å². The predicted octanol–water partition coefficient (Wildman–Crippen LogP) is 4.35. The van der Waals surface area contributed by atoms with Gasteiger partial charge in [0.25, 0.3) is 0 Å². The molecule has 3 nitrogen and oxygen atoms in total. The second-order valence-corrected chi connectivity index (χ2v) is 5.29. The van der Waals surface area contributed by atoms with Gasteiger partial charge in [-0.25, -0.2) is 4.98 Å². The first-order valence-corrected chi connectivity index (χ1v) is 6.70. The summed E-state index contributed by atoms with van der Waals surface area (Å²) in [6, 6.07) is 7.76. The van der Waals surface area contributed by atoms with Crippen LogP contribution in [0, 0.1) is 18.6 Å². The van der Waals surface area contributed by atoms with Gasteiger partial charge in [0.05, 0.1) is 16.2 Å². The number of nitrogens with one attached hydrogen (secondary N) is 1. The van der Waals surface area contributed by atoms with Crippen molar-refractivity contribution in [3.05, 3.63) is 51.4 Å². The minimum absolute atomic E-state index is 0.605. The van der Waals surface area contributed by atoms with E-state index in [-0.39, 0.29) is 0 Å². The number of aromatic amines is 1. The SMILES string of the molecule is Cc1cccc(Cl)c1-n1c(=S)[nH]c2c(C)ccnc21. The van der Waals surface area contributed by atoms with E-state index in [1.165, 1.54) is 0 Å². The Kier molecular flexibility index (Phi) is 2.92. The highest BCUT2D eigenvalue weighted by atomic mass is 35.5. The molecule has 5 heteroatoms. The van der Waals surface area contributed by atoms with Crippen LogP contribution in [0.15, 0.2) is 30.5 Å². The van der Waals surface area contributed by atoms with Crippen LogP contribution in [-0.4, -0.2) is 14.5 Å². The summed E-state index contributed by atoms with van der Waals surface area (Å²) in [4.78, 5) is 7.63. The number of fused-ring (bicyclic) bond motifs is 1. The second kappa shape index (κ2) is 4.47. The molecular weight excluding hydrogens is 278 g/mol. The van der Waals surface area contributed by atoms with Crippen LogP contribution < -0.4 is 0 Å². The van der Waals surface area contributed by atoms with E-state index >= 15 is 0 Å². The first-order valence-electron chi connectivity index (χ1n) is 5.91. The molecule has 1 N–H and O–H groups in total. The summed E-state index contributed by atoms with van der Waals surface area (Å²) in [5, 5.41) is 0.667. The highest BCUT2D eigenvalue weighted by molar-refractivity contribution is 7.71. The fourth-order valence-electron chi connectivity index (χ4n) is 2.24. The zero-order chi connectivity index (χ0) is 13.6. The van der Waals surface area contributed by atoms with E-state index in [1.54, 1.807) is 6.20 Å². The van der Waals surface area contributed by atoms with Crippen molar-refractivity contribution >= 4 is 35.0 Å². The number of nitrogens with zero attached hydrogens (tertiary/aromatic N) is 2. The molecule has 0 aliphatic rings. The molecule has 96 valence electrons. The summed E-state index contributed by atoms with van der Waals surface area (Å²) in [5.41, 5.74) is 4.82. The predicted molar refractivity (Wildman–Crippen MR) is 80.7 cm³/mol. The van der Waals surface area contributed by atoms with Gasteiger partial charge in [-0.05, 0) is 49.3 Å². The highest BCUT2D eigenvalue weighted by Gasteiger charge is 2.13. The summed E-state index contributed by atoms with van der Waals surface area (Å²) < 4.78 is 2.50. The summed E-state index contributed by atoms with van der Waals surface area (Å²) in [6.07, 6.45) is 1.78. The zero-order valence-corrected chi connectivity index (χ0v) is 12.1. The lowest BCUT2D eigenvalue weighted by Gasteiger charge is -2.09. The van der Waals surface area contributed by atoms with Gasteiger partial charge in [-0.3, -0.25) is 4.57 Å². The maximum absolute atomic E-state index is 6.32. The zero-order valence-electron chi connectivity index (χ0n) is 10.6. The van der Waals surface area contributed by atoms with Gasteiger partial charge < -0.3 is 4.98 Å². The van der Waals surface area contributed by atoms with E-state index in [1.807, 2.05) is 42.7 Å². The Morgan fingerprint density at radius 3 is 2.74 bits per heavy atom. The smallest absolute Gasteiger partial charge is 0.184 e. The van der Waals surface area contributed by atoms with Crippen LogP contribution >= 0.6 is 23.8 Å². The Morgan fingerprint density at radius 1 is 1.21 bits per heavy atom. The number of aromatic nitrogens is 3. The molecule has 3 aromatic rings. The first-order chi connectivity index (χ1) is 9.09. The maximum atomic E-state index is 6.32. The highest BCUT2D eigenvalue weighted by Crippen LogP contribution is 2.28. The summed E-state index contributed by atoms with van der Waals surface area (Å²) in [7, 11) is 0. The number of H-pyrrole nitrogens is 1. The Labute approximate surface area is 120 Å². The molecule has 0 radical (unpaired) electrons. The minimum Gasteiger partial charge on any atom is -0.329 e. The molecule has 0 spiro atoms.